The van der Waals surface area contributed by atoms with E-state index in [-0.39, 0.29) is 5.56 Å². The summed E-state index contributed by atoms with van der Waals surface area (Å²) < 4.78 is 14.2. The number of nitrogens with zero attached hydrogens (tertiary/aromatic N) is 2. The summed E-state index contributed by atoms with van der Waals surface area (Å²) in [6.45, 7) is 4.87. The van der Waals surface area contributed by atoms with Gasteiger partial charge in [-0.3, -0.25) is 9.36 Å². The molecule has 0 fully saturated rings. The quantitative estimate of drug-likeness (QED) is 0.442. The van der Waals surface area contributed by atoms with Crippen LogP contribution in [0.2, 0.25) is 0 Å². The molecule has 0 amide bonds. The first-order chi connectivity index (χ1) is 14.1. The molecule has 148 valence electrons. The molecule has 6 nitrogen and oxygen atoms in total. The maximum atomic E-state index is 12.7. The molecule has 0 aliphatic heterocycles. The van der Waals surface area contributed by atoms with Crippen LogP contribution < -0.4 is 15.0 Å². The second-order valence-corrected chi connectivity index (χ2v) is 7.78. The number of hydrogen-bond donors (Lipinski definition) is 1. The molecule has 0 saturated heterocycles. The highest BCUT2D eigenvalue weighted by Crippen LogP contribution is 2.32. The molecule has 29 heavy (non-hydrogen) atoms. The first kappa shape index (κ1) is 19.4. The maximum absolute atomic E-state index is 12.7. The monoisotopic (exact) mass is 425 g/mol. The van der Waals surface area contributed by atoms with Crippen LogP contribution in [-0.4, -0.2) is 27.7 Å². The minimum absolute atomic E-state index is 0.220. The van der Waals surface area contributed by atoms with Gasteiger partial charge in [-0.1, -0.05) is 29.5 Å². The van der Waals surface area contributed by atoms with Crippen molar-refractivity contribution in [3.8, 4) is 28.6 Å². The van der Waals surface area contributed by atoms with Crippen LogP contribution in [0.15, 0.2) is 53.3 Å². The number of aromatic amines is 1. The number of aromatic nitrogens is 3. The molecule has 0 aliphatic rings. The van der Waals surface area contributed by atoms with Crippen molar-refractivity contribution >= 4 is 33.9 Å². The zero-order valence-electron chi connectivity index (χ0n) is 16.0. The molecule has 4 aromatic rings. The fraction of sp³-hybridized carbons (Fsp3) is 0.190. The smallest absolute Gasteiger partial charge is 0.270 e. The highest BCUT2D eigenvalue weighted by atomic mass is 32.1. The molecule has 8 heteroatoms. The second-order valence-electron chi connectivity index (χ2n) is 6.13. The molecule has 0 radical (unpaired) electrons. The molecular weight excluding hydrogens is 406 g/mol. The Hall–Kier alpha value is -2.97. The first-order valence-electron chi connectivity index (χ1n) is 9.23. The molecule has 0 aliphatic carbocycles. The topological polar surface area (TPSA) is 69.1 Å². The number of nitrogens with one attached hydrogen (secondary N) is 1. The molecule has 0 atom stereocenters. The van der Waals surface area contributed by atoms with Gasteiger partial charge in [0.1, 0.15) is 10.5 Å². The average molecular weight is 426 g/mol. The average Bonchev–Trinajstić information content (AvgIpc) is 3.07. The summed E-state index contributed by atoms with van der Waals surface area (Å²) in [7, 11) is 0. The van der Waals surface area contributed by atoms with E-state index in [2.05, 4.69) is 4.98 Å². The Kier molecular flexibility index (Phi) is 5.46. The molecule has 0 unspecified atom stereocenters. The molecule has 2 aromatic carbocycles. The summed E-state index contributed by atoms with van der Waals surface area (Å²) >= 11 is 6.76. The number of thiazole rings is 1. The molecule has 0 saturated carbocycles. The Labute approximate surface area is 176 Å². The third-order valence-corrected chi connectivity index (χ3v) is 5.64. The van der Waals surface area contributed by atoms with Gasteiger partial charge in [0.05, 0.1) is 13.2 Å². The van der Waals surface area contributed by atoms with E-state index in [4.69, 9.17) is 26.7 Å². The van der Waals surface area contributed by atoms with E-state index in [1.54, 1.807) is 0 Å². The Morgan fingerprint density at radius 1 is 1.07 bits per heavy atom. The van der Waals surface area contributed by atoms with Gasteiger partial charge in [-0.2, -0.15) is 0 Å². The van der Waals surface area contributed by atoms with Crippen LogP contribution in [0, 0.1) is 3.95 Å². The lowest BCUT2D eigenvalue weighted by molar-refractivity contribution is 0.288. The van der Waals surface area contributed by atoms with E-state index >= 15 is 0 Å². The van der Waals surface area contributed by atoms with Gasteiger partial charge >= 0.3 is 0 Å². The van der Waals surface area contributed by atoms with Crippen LogP contribution in [0.3, 0.4) is 0 Å². The van der Waals surface area contributed by atoms with E-state index in [9.17, 15) is 4.79 Å². The summed E-state index contributed by atoms with van der Waals surface area (Å²) in [6.07, 6.45) is 0. The Bertz CT molecular complexity index is 1280. The van der Waals surface area contributed by atoms with Crippen molar-refractivity contribution in [3.63, 3.8) is 0 Å². The van der Waals surface area contributed by atoms with Crippen molar-refractivity contribution in [2.45, 2.75) is 13.8 Å². The SMILES string of the molecule is CCOc1ccc(-c2nc3c(sc(=S)n3-c3ccccc3)c(=O)[nH]2)cc1OCC. The van der Waals surface area contributed by atoms with Crippen molar-refractivity contribution in [2.24, 2.45) is 0 Å². The van der Waals surface area contributed by atoms with E-state index in [1.807, 2.05) is 66.9 Å². The largest absolute Gasteiger partial charge is 0.490 e. The van der Waals surface area contributed by atoms with Crippen molar-refractivity contribution in [2.75, 3.05) is 13.2 Å². The lowest BCUT2D eigenvalue weighted by Crippen LogP contribution is -2.10. The summed E-state index contributed by atoms with van der Waals surface area (Å²) in [5.74, 6) is 1.72. The Morgan fingerprint density at radius 2 is 1.79 bits per heavy atom. The van der Waals surface area contributed by atoms with Gasteiger partial charge in [0, 0.05) is 11.3 Å². The normalized spacial score (nSPS) is 11.0. The predicted molar refractivity (Wildman–Crippen MR) is 118 cm³/mol. The minimum atomic E-state index is -0.220. The highest BCUT2D eigenvalue weighted by Gasteiger charge is 2.15. The van der Waals surface area contributed by atoms with E-state index in [0.29, 0.717) is 44.8 Å². The molecule has 2 heterocycles. The zero-order valence-corrected chi connectivity index (χ0v) is 17.6. The standard InChI is InChI=1S/C21H19N3O3S2/c1-3-26-15-11-10-13(12-16(15)27-4-2)18-22-19-17(20(25)23-18)29-21(28)24(19)14-8-6-5-7-9-14/h5-12H,3-4H2,1-2H3,(H,22,23,25). The number of fused-ring (bicyclic) bond motifs is 1. The first-order valence-corrected chi connectivity index (χ1v) is 10.5. The summed E-state index contributed by atoms with van der Waals surface area (Å²) in [4.78, 5) is 20.4. The zero-order chi connectivity index (χ0) is 20.4. The van der Waals surface area contributed by atoms with Gasteiger partial charge in [0.15, 0.2) is 21.1 Å². The van der Waals surface area contributed by atoms with Gasteiger partial charge in [-0.15, -0.1) is 0 Å². The van der Waals surface area contributed by atoms with Crippen molar-refractivity contribution in [1.29, 1.82) is 0 Å². The van der Waals surface area contributed by atoms with Crippen LogP contribution in [0.1, 0.15) is 13.8 Å². The molecule has 0 bridgehead atoms. The summed E-state index contributed by atoms with van der Waals surface area (Å²) in [6, 6.07) is 15.2. The summed E-state index contributed by atoms with van der Waals surface area (Å²) in [5.41, 5.74) is 1.92. The van der Waals surface area contributed by atoms with E-state index in [1.165, 1.54) is 11.3 Å². The maximum Gasteiger partial charge on any atom is 0.270 e. The van der Waals surface area contributed by atoms with Crippen molar-refractivity contribution < 1.29 is 9.47 Å². The fourth-order valence-electron chi connectivity index (χ4n) is 3.05. The van der Waals surface area contributed by atoms with Crippen molar-refractivity contribution in [3.05, 3.63) is 62.8 Å². The number of hydrogen-bond acceptors (Lipinski definition) is 6. The summed E-state index contributed by atoms with van der Waals surface area (Å²) in [5, 5.41) is 0. The second kappa shape index (κ2) is 8.18. The van der Waals surface area contributed by atoms with Gasteiger partial charge < -0.3 is 14.5 Å². The van der Waals surface area contributed by atoms with E-state index in [0.717, 1.165) is 11.3 Å². The lowest BCUT2D eigenvalue weighted by Gasteiger charge is -2.12. The number of ether oxygens (including phenoxy) is 2. The minimum Gasteiger partial charge on any atom is -0.490 e. The molecule has 2 aromatic heterocycles. The third kappa shape index (κ3) is 3.68. The van der Waals surface area contributed by atoms with Crippen LogP contribution in [0.5, 0.6) is 11.5 Å². The fourth-order valence-corrected chi connectivity index (χ4v) is 4.32. The highest BCUT2D eigenvalue weighted by molar-refractivity contribution is 7.73. The van der Waals surface area contributed by atoms with Crippen LogP contribution in [0.4, 0.5) is 0 Å². The molecule has 0 spiro atoms. The van der Waals surface area contributed by atoms with Gasteiger partial charge in [-0.05, 0) is 56.4 Å². The van der Waals surface area contributed by atoms with Gasteiger partial charge in [0.25, 0.3) is 5.56 Å². The van der Waals surface area contributed by atoms with Crippen molar-refractivity contribution in [1.82, 2.24) is 14.5 Å². The van der Waals surface area contributed by atoms with Crippen LogP contribution in [0.25, 0.3) is 27.4 Å². The molecule has 1 N–H and O–H groups in total. The lowest BCUT2D eigenvalue weighted by atomic mass is 10.2. The van der Waals surface area contributed by atoms with Crippen LogP contribution in [-0.2, 0) is 0 Å². The van der Waals surface area contributed by atoms with Gasteiger partial charge in [-0.25, -0.2) is 4.98 Å². The van der Waals surface area contributed by atoms with E-state index < -0.39 is 0 Å². The predicted octanol–water partition coefficient (Wildman–Crippen LogP) is 4.97. The Morgan fingerprint density at radius 3 is 2.52 bits per heavy atom. The Balaban J connectivity index is 1.91. The molecule has 4 rings (SSSR count). The number of rotatable bonds is 6. The number of H-pyrrole nitrogens is 1. The van der Waals surface area contributed by atoms with Gasteiger partial charge in [0.2, 0.25) is 0 Å². The molecular formula is C21H19N3O3S2. The number of benzene rings is 2. The van der Waals surface area contributed by atoms with Crippen LogP contribution >= 0.6 is 23.6 Å². The number of para-hydroxylation sites is 1. The third-order valence-electron chi connectivity index (χ3n) is 4.27.